The van der Waals surface area contributed by atoms with Crippen molar-refractivity contribution in [3.63, 3.8) is 0 Å². The lowest BCUT2D eigenvalue weighted by Crippen LogP contribution is -2.46. The number of halogens is 1. The van der Waals surface area contributed by atoms with Crippen LogP contribution in [-0.4, -0.2) is 47.6 Å². The molecule has 1 aliphatic heterocycles. The van der Waals surface area contributed by atoms with Crippen molar-refractivity contribution in [1.29, 1.82) is 0 Å². The molecule has 1 saturated heterocycles. The van der Waals surface area contributed by atoms with Crippen molar-refractivity contribution in [2.45, 2.75) is 32.7 Å². The number of H-pyrrole nitrogens is 1. The van der Waals surface area contributed by atoms with E-state index in [0.29, 0.717) is 30.4 Å². The van der Waals surface area contributed by atoms with E-state index in [0.717, 1.165) is 29.3 Å². The number of carbonyl (C=O) groups excluding carboxylic acids is 2. The van der Waals surface area contributed by atoms with Gasteiger partial charge in [-0.05, 0) is 50.5 Å². The van der Waals surface area contributed by atoms with Gasteiger partial charge in [-0.15, -0.1) is 0 Å². The van der Waals surface area contributed by atoms with E-state index in [1.54, 1.807) is 17.9 Å². The number of ether oxygens (including phenoxy) is 1. The smallest absolute Gasteiger partial charge is 0.409 e. The number of amides is 2. The van der Waals surface area contributed by atoms with E-state index in [1.807, 2.05) is 19.1 Å². The molecule has 2 N–H and O–H groups in total. The van der Waals surface area contributed by atoms with Crippen LogP contribution in [-0.2, 0) is 4.74 Å². The molecule has 134 valence electrons. The number of hydrogen-bond acceptors (Lipinski definition) is 3. The van der Waals surface area contributed by atoms with Crippen LogP contribution in [0.5, 0.6) is 0 Å². The topological polar surface area (TPSA) is 74.4 Å². The Kier molecular flexibility index (Phi) is 5.18. The molecule has 0 spiro atoms. The quantitative estimate of drug-likeness (QED) is 0.876. The van der Waals surface area contributed by atoms with Gasteiger partial charge in [-0.2, -0.15) is 0 Å². The lowest BCUT2D eigenvalue weighted by Gasteiger charge is -2.31. The van der Waals surface area contributed by atoms with Gasteiger partial charge in [-0.3, -0.25) is 4.79 Å². The summed E-state index contributed by atoms with van der Waals surface area (Å²) in [5.41, 5.74) is 2.34. The highest BCUT2D eigenvalue weighted by atomic mass is 35.5. The molecule has 0 saturated carbocycles. The fourth-order valence-electron chi connectivity index (χ4n) is 3.20. The summed E-state index contributed by atoms with van der Waals surface area (Å²) >= 11 is 6.04. The average Bonchev–Trinajstić information content (AvgIpc) is 2.92. The Morgan fingerprint density at radius 2 is 2.08 bits per heavy atom. The van der Waals surface area contributed by atoms with Crippen LogP contribution in [0.25, 0.3) is 10.9 Å². The third-order valence-corrected chi connectivity index (χ3v) is 4.84. The predicted octanol–water partition coefficient (Wildman–Crippen LogP) is 3.48. The number of carbonyl (C=O) groups is 2. The number of piperidine rings is 1. The number of fused-ring (bicyclic) bond motifs is 1. The second-order valence-electron chi connectivity index (χ2n) is 6.25. The van der Waals surface area contributed by atoms with Crippen LogP contribution in [0.1, 0.15) is 35.8 Å². The van der Waals surface area contributed by atoms with Gasteiger partial charge in [-0.1, -0.05) is 11.6 Å². The van der Waals surface area contributed by atoms with Crippen LogP contribution in [0.15, 0.2) is 18.2 Å². The van der Waals surface area contributed by atoms with E-state index in [4.69, 9.17) is 16.3 Å². The summed E-state index contributed by atoms with van der Waals surface area (Å²) in [6.07, 6.45) is 1.15. The number of aromatic nitrogens is 1. The van der Waals surface area contributed by atoms with Gasteiger partial charge in [0, 0.05) is 35.1 Å². The lowest BCUT2D eigenvalue weighted by atomic mass is 10.0. The van der Waals surface area contributed by atoms with Crippen molar-refractivity contribution < 1.29 is 14.3 Å². The maximum absolute atomic E-state index is 12.6. The van der Waals surface area contributed by atoms with Gasteiger partial charge in [0.1, 0.15) is 5.69 Å². The normalized spacial score (nSPS) is 15.4. The third-order valence-electron chi connectivity index (χ3n) is 4.60. The SMILES string of the molecule is CCOC(=O)N1CCC(NC(=O)c2[nH]c3ccc(Cl)cc3c2C)CC1. The first-order valence-corrected chi connectivity index (χ1v) is 8.87. The zero-order valence-corrected chi connectivity index (χ0v) is 15.2. The van der Waals surface area contributed by atoms with Crippen LogP contribution in [0.4, 0.5) is 4.79 Å². The van der Waals surface area contributed by atoms with Crippen LogP contribution in [0.3, 0.4) is 0 Å². The minimum atomic E-state index is -0.282. The fraction of sp³-hybridized carbons (Fsp3) is 0.444. The van der Waals surface area contributed by atoms with Gasteiger partial charge >= 0.3 is 6.09 Å². The number of likely N-dealkylation sites (tertiary alicyclic amines) is 1. The molecule has 1 fully saturated rings. The minimum absolute atomic E-state index is 0.0487. The molecular formula is C18H22ClN3O3. The van der Waals surface area contributed by atoms with E-state index in [9.17, 15) is 9.59 Å². The molecule has 1 aromatic heterocycles. The van der Waals surface area contributed by atoms with Crippen LogP contribution in [0.2, 0.25) is 5.02 Å². The Hall–Kier alpha value is -2.21. The first-order chi connectivity index (χ1) is 12.0. The molecule has 2 amide bonds. The Morgan fingerprint density at radius 1 is 1.36 bits per heavy atom. The van der Waals surface area contributed by atoms with Crippen LogP contribution >= 0.6 is 11.6 Å². The molecule has 3 rings (SSSR count). The summed E-state index contributed by atoms with van der Waals surface area (Å²) in [5.74, 6) is -0.126. The molecule has 6 nitrogen and oxygen atoms in total. The van der Waals surface area contributed by atoms with Crippen molar-refractivity contribution in [3.8, 4) is 0 Å². The molecule has 1 aromatic carbocycles. The van der Waals surface area contributed by atoms with E-state index >= 15 is 0 Å². The summed E-state index contributed by atoms with van der Waals surface area (Å²) in [6, 6.07) is 5.58. The van der Waals surface area contributed by atoms with Gasteiger partial charge in [0.15, 0.2) is 0 Å². The van der Waals surface area contributed by atoms with Gasteiger partial charge in [0.2, 0.25) is 0 Å². The molecule has 25 heavy (non-hydrogen) atoms. The third kappa shape index (κ3) is 3.74. The minimum Gasteiger partial charge on any atom is -0.450 e. The van der Waals surface area contributed by atoms with Crippen molar-refractivity contribution in [1.82, 2.24) is 15.2 Å². The standard InChI is InChI=1S/C18H22ClN3O3/c1-3-25-18(24)22-8-6-13(7-9-22)20-17(23)16-11(2)14-10-12(19)4-5-15(14)21-16/h4-5,10,13,21H,3,6-9H2,1-2H3,(H,20,23). The summed E-state index contributed by atoms with van der Waals surface area (Å²) in [7, 11) is 0. The summed E-state index contributed by atoms with van der Waals surface area (Å²) in [6.45, 7) is 5.25. The molecule has 0 atom stereocenters. The van der Waals surface area contributed by atoms with E-state index in [-0.39, 0.29) is 18.0 Å². The van der Waals surface area contributed by atoms with Gasteiger partial charge in [0.05, 0.1) is 6.61 Å². The Labute approximate surface area is 151 Å². The number of aryl methyl sites for hydroxylation is 1. The highest BCUT2D eigenvalue weighted by Gasteiger charge is 2.25. The maximum Gasteiger partial charge on any atom is 0.409 e. The number of rotatable bonds is 3. The second-order valence-corrected chi connectivity index (χ2v) is 6.69. The fourth-order valence-corrected chi connectivity index (χ4v) is 3.38. The number of benzene rings is 1. The molecule has 0 aliphatic carbocycles. The molecular weight excluding hydrogens is 342 g/mol. The molecule has 7 heteroatoms. The van der Waals surface area contributed by atoms with Gasteiger partial charge in [-0.25, -0.2) is 4.79 Å². The number of aromatic amines is 1. The Balaban J connectivity index is 1.64. The average molecular weight is 364 g/mol. The van der Waals surface area contributed by atoms with Crippen molar-refractivity contribution in [2.75, 3.05) is 19.7 Å². The highest BCUT2D eigenvalue weighted by molar-refractivity contribution is 6.31. The molecule has 0 bridgehead atoms. The van der Waals surface area contributed by atoms with E-state index in [1.165, 1.54) is 0 Å². The largest absolute Gasteiger partial charge is 0.450 e. The zero-order valence-electron chi connectivity index (χ0n) is 14.4. The summed E-state index contributed by atoms with van der Waals surface area (Å²) in [4.78, 5) is 29.2. The zero-order chi connectivity index (χ0) is 18.0. The van der Waals surface area contributed by atoms with Gasteiger partial charge in [0.25, 0.3) is 5.91 Å². The molecule has 2 aromatic rings. The summed E-state index contributed by atoms with van der Waals surface area (Å²) < 4.78 is 5.01. The van der Waals surface area contributed by atoms with Crippen molar-refractivity contribution >= 4 is 34.5 Å². The van der Waals surface area contributed by atoms with Gasteiger partial charge < -0.3 is 19.9 Å². The number of nitrogens with one attached hydrogen (secondary N) is 2. The second kappa shape index (κ2) is 7.35. The van der Waals surface area contributed by atoms with Crippen molar-refractivity contribution in [3.05, 3.63) is 34.5 Å². The molecule has 0 unspecified atom stereocenters. The number of hydrogen-bond donors (Lipinski definition) is 2. The predicted molar refractivity (Wildman–Crippen MR) is 97.1 cm³/mol. The Bertz CT molecular complexity index is 794. The summed E-state index contributed by atoms with van der Waals surface area (Å²) in [5, 5.41) is 4.66. The Morgan fingerprint density at radius 3 is 2.76 bits per heavy atom. The first kappa shape index (κ1) is 17.6. The van der Waals surface area contributed by atoms with Crippen LogP contribution in [0, 0.1) is 6.92 Å². The van der Waals surface area contributed by atoms with Crippen molar-refractivity contribution in [2.24, 2.45) is 0 Å². The maximum atomic E-state index is 12.6. The molecule has 0 radical (unpaired) electrons. The number of nitrogens with zero attached hydrogens (tertiary/aromatic N) is 1. The lowest BCUT2D eigenvalue weighted by molar-refractivity contribution is 0.0857. The molecule has 2 heterocycles. The van der Waals surface area contributed by atoms with E-state index in [2.05, 4.69) is 10.3 Å². The highest BCUT2D eigenvalue weighted by Crippen LogP contribution is 2.25. The van der Waals surface area contributed by atoms with Crippen LogP contribution < -0.4 is 5.32 Å². The first-order valence-electron chi connectivity index (χ1n) is 8.50. The molecule has 1 aliphatic rings. The monoisotopic (exact) mass is 363 g/mol. The van der Waals surface area contributed by atoms with E-state index < -0.39 is 0 Å².